The number of rotatable bonds is 11. The molecule has 0 saturated heterocycles. The van der Waals surface area contributed by atoms with E-state index in [9.17, 15) is 0 Å². The number of benzene rings is 15. The second-order valence-electron chi connectivity index (χ2n) is 28.1. The van der Waals surface area contributed by atoms with Gasteiger partial charge < -0.3 is 43.9 Å². The third-order valence-electron chi connectivity index (χ3n) is 22.5. The van der Waals surface area contributed by atoms with Crippen molar-refractivity contribution < 1.29 is 4.74 Å². The van der Waals surface area contributed by atoms with Crippen LogP contribution in [0.25, 0.3) is 0 Å². The summed E-state index contributed by atoms with van der Waals surface area (Å²) in [5.41, 5.74) is 34.2. The highest BCUT2D eigenvalue weighted by molar-refractivity contribution is 7.04. The van der Waals surface area contributed by atoms with Crippen LogP contribution in [0.15, 0.2) is 352 Å². The Morgan fingerprint density at radius 1 is 0.210 bits per heavy atom. The Hall–Kier alpha value is -13.3. The van der Waals surface area contributed by atoms with Gasteiger partial charge in [-0.1, -0.05) is 194 Å². The highest BCUT2D eigenvalue weighted by atomic mass is 16.5. The highest BCUT2D eigenvalue weighted by Gasteiger charge is 2.50. The van der Waals surface area contributed by atoms with Crippen molar-refractivity contribution in [2.24, 2.45) is 0 Å². The lowest BCUT2D eigenvalue weighted by molar-refractivity contribution is 0.488. The predicted molar refractivity (Wildman–Crippen MR) is 444 cm³/mol. The fourth-order valence-electron chi connectivity index (χ4n) is 18.1. The molecule has 0 amide bonds. The number of fused-ring (bicyclic) bond motifs is 12. The van der Waals surface area contributed by atoms with E-state index in [1.54, 1.807) is 0 Å². The SMILES string of the molecule is CN1c2cc3c(cc2B2c4cc5c(cc4Oc4cc(N(c6ccccc6)c6ccccc6)cc1c42)N(C)c1cc(N(c2ccccc2)c2ccccc2)cc2c1B5c1ccccc1N2c1ccccc1)B1c2ccccc2N(c2ccccc2)c2cc(N(c4ccccc4)c4ccccc4)cc(c21)N3C. The van der Waals surface area contributed by atoms with E-state index in [-0.39, 0.29) is 20.1 Å². The average molecular weight is 1350 g/mol. The Morgan fingerprint density at radius 2 is 0.495 bits per heavy atom. The molecule has 0 unspecified atom stereocenters. The maximum absolute atomic E-state index is 7.81. The van der Waals surface area contributed by atoms with E-state index in [1.807, 2.05) is 0 Å². The number of hydrogen-bond acceptors (Lipinski definition) is 9. The zero-order chi connectivity index (χ0) is 69.5. The molecule has 0 radical (unpaired) electrons. The van der Waals surface area contributed by atoms with Gasteiger partial charge in [0.25, 0.3) is 20.1 Å². The molecule has 0 bridgehead atoms. The first-order chi connectivity index (χ1) is 51.9. The molecule has 6 heterocycles. The zero-order valence-corrected chi connectivity index (χ0v) is 58.2. The van der Waals surface area contributed by atoms with Crippen molar-refractivity contribution in [3.63, 3.8) is 0 Å². The standard InChI is InChI=1S/C93H67B3N8O/c1-97-81-60-82-76(58-75(81)94-73-48-28-30-50-79(73)103(68-44-24-10-25-45-68)87-55-70(52-84(97)91(87)94)100(62-32-12-4-13-33-62)63-34-14-5-15-35-63)96-78-59-77-83(61-89(78)105-90-57-72(54-86(93(90)96)98(82)2)102(66-40-20-8-21-41-66)67-42-22-9-23-43-67)99(3)85-53-71(101(64-36-16-6-17-37-64)65-38-18-7-19-39-65)56-88-92(85)95(77)74-49-29-31-51-80(74)104(88)69-46-26-11-27-47-69/h4-61H,1-3H3. The maximum atomic E-state index is 7.81. The summed E-state index contributed by atoms with van der Waals surface area (Å²) in [6.07, 6.45) is 0. The van der Waals surface area contributed by atoms with Gasteiger partial charge in [0.2, 0.25) is 0 Å². The molecule has 0 N–H and O–H groups in total. The van der Waals surface area contributed by atoms with Crippen LogP contribution in [0.2, 0.25) is 0 Å². The smallest absolute Gasteiger partial charge is 0.256 e. The van der Waals surface area contributed by atoms with E-state index in [1.165, 1.54) is 38.2 Å². The molecular formula is C93H67B3N8O. The molecule has 494 valence electrons. The number of ether oxygens (including phenoxy) is 1. The third kappa shape index (κ3) is 9.32. The second-order valence-corrected chi connectivity index (χ2v) is 28.1. The molecule has 6 aliphatic heterocycles. The molecule has 9 nitrogen and oxygen atoms in total. The average Bonchev–Trinajstić information content (AvgIpc) is 0.691. The molecule has 0 saturated carbocycles. The predicted octanol–water partition coefficient (Wildman–Crippen LogP) is 17.6. The van der Waals surface area contributed by atoms with Crippen LogP contribution in [0.4, 0.5) is 119 Å². The second kappa shape index (κ2) is 23.9. The summed E-state index contributed by atoms with van der Waals surface area (Å²) < 4.78 is 7.81. The van der Waals surface area contributed by atoms with Crippen LogP contribution in [-0.2, 0) is 0 Å². The quantitative estimate of drug-likeness (QED) is 0.118. The van der Waals surface area contributed by atoms with Gasteiger partial charge in [-0.3, -0.25) is 0 Å². The Balaban J connectivity index is 0.812. The van der Waals surface area contributed by atoms with Gasteiger partial charge in [0.05, 0.1) is 17.1 Å². The zero-order valence-electron chi connectivity index (χ0n) is 58.2. The van der Waals surface area contributed by atoms with E-state index in [2.05, 4.69) is 412 Å². The van der Waals surface area contributed by atoms with E-state index >= 15 is 0 Å². The summed E-state index contributed by atoms with van der Waals surface area (Å²) in [7, 11) is 6.82. The molecule has 21 rings (SSSR count). The topological polar surface area (TPSA) is 35.2 Å². The fraction of sp³-hybridized carbons (Fsp3) is 0.0323. The van der Waals surface area contributed by atoms with Crippen LogP contribution < -0.4 is 93.1 Å². The normalized spacial score (nSPS) is 13.4. The van der Waals surface area contributed by atoms with E-state index < -0.39 is 0 Å². The van der Waals surface area contributed by atoms with Crippen molar-refractivity contribution >= 4 is 189 Å². The van der Waals surface area contributed by atoms with Crippen molar-refractivity contribution in [1.82, 2.24) is 0 Å². The molecule has 12 heteroatoms. The molecule has 15 aromatic carbocycles. The maximum Gasteiger partial charge on any atom is 0.256 e. The summed E-state index contributed by atoms with van der Waals surface area (Å²) in [5, 5.41) is 0. The van der Waals surface area contributed by atoms with Crippen LogP contribution in [-0.4, -0.2) is 41.3 Å². The van der Waals surface area contributed by atoms with Crippen molar-refractivity contribution in [2.45, 2.75) is 0 Å². The van der Waals surface area contributed by atoms with Crippen molar-refractivity contribution in [2.75, 3.05) is 60.3 Å². The first-order valence-corrected chi connectivity index (χ1v) is 36.3. The van der Waals surface area contributed by atoms with Gasteiger partial charge in [-0.2, -0.15) is 0 Å². The van der Waals surface area contributed by atoms with E-state index in [0.29, 0.717) is 0 Å². The molecule has 0 spiro atoms. The summed E-state index contributed by atoms with van der Waals surface area (Å²) in [6, 6.07) is 129. The number of anilines is 21. The van der Waals surface area contributed by atoms with Gasteiger partial charge in [-0.05, 0) is 195 Å². The molecular weight excluding hydrogens is 1280 g/mol. The summed E-state index contributed by atoms with van der Waals surface area (Å²) in [4.78, 5) is 19.6. The van der Waals surface area contributed by atoms with E-state index in [0.717, 1.165) is 142 Å². The largest absolute Gasteiger partial charge is 0.458 e. The Kier molecular flexibility index (Phi) is 13.8. The summed E-state index contributed by atoms with van der Waals surface area (Å²) in [5.74, 6) is 1.67. The number of hydrogen-bond donors (Lipinski definition) is 0. The number of para-hydroxylation sites is 10. The molecule has 0 aromatic heterocycles. The van der Waals surface area contributed by atoms with Gasteiger partial charge in [0.15, 0.2) is 0 Å². The molecule has 15 aromatic rings. The molecule has 105 heavy (non-hydrogen) atoms. The highest BCUT2D eigenvalue weighted by Crippen LogP contribution is 2.51. The number of nitrogens with zero attached hydrogens (tertiary/aromatic N) is 8. The molecule has 0 atom stereocenters. The van der Waals surface area contributed by atoms with Crippen molar-refractivity contribution in [3.8, 4) is 11.5 Å². The Bertz CT molecular complexity index is 5830. The molecule has 0 aliphatic carbocycles. The van der Waals surface area contributed by atoms with Gasteiger partial charge in [0.1, 0.15) is 11.5 Å². The molecule has 6 aliphatic rings. The summed E-state index contributed by atoms with van der Waals surface area (Å²) >= 11 is 0. The van der Waals surface area contributed by atoms with Gasteiger partial charge in [-0.15, -0.1) is 0 Å². The minimum Gasteiger partial charge on any atom is -0.458 e. The lowest BCUT2D eigenvalue weighted by atomic mass is 9.29. The van der Waals surface area contributed by atoms with Gasteiger partial charge in [-0.25, -0.2) is 0 Å². The fourth-order valence-corrected chi connectivity index (χ4v) is 18.1. The van der Waals surface area contributed by atoms with Crippen LogP contribution in [0, 0.1) is 0 Å². The lowest BCUT2D eigenvalue weighted by Crippen LogP contribution is -2.66. The van der Waals surface area contributed by atoms with Crippen molar-refractivity contribution in [3.05, 3.63) is 352 Å². The van der Waals surface area contributed by atoms with Crippen molar-refractivity contribution in [1.29, 1.82) is 0 Å². The first kappa shape index (κ1) is 60.5. The minimum atomic E-state index is -0.256. The van der Waals surface area contributed by atoms with Crippen LogP contribution in [0.3, 0.4) is 0 Å². The monoisotopic (exact) mass is 1340 g/mol. The lowest BCUT2D eigenvalue weighted by Gasteiger charge is -2.46. The van der Waals surface area contributed by atoms with Crippen LogP contribution >= 0.6 is 0 Å². The molecule has 0 fully saturated rings. The van der Waals surface area contributed by atoms with E-state index in [4.69, 9.17) is 4.74 Å². The first-order valence-electron chi connectivity index (χ1n) is 36.3. The third-order valence-corrected chi connectivity index (χ3v) is 22.5. The van der Waals surface area contributed by atoms with Crippen LogP contribution in [0.1, 0.15) is 0 Å². The summed E-state index contributed by atoms with van der Waals surface area (Å²) in [6.45, 7) is -0.547. The van der Waals surface area contributed by atoms with Gasteiger partial charge in [0, 0.05) is 136 Å². The van der Waals surface area contributed by atoms with Crippen LogP contribution in [0.5, 0.6) is 11.5 Å². The Morgan fingerprint density at radius 3 is 0.867 bits per heavy atom. The Labute approximate surface area is 613 Å². The minimum absolute atomic E-state index is 0.139. The van der Waals surface area contributed by atoms with Gasteiger partial charge >= 0.3 is 0 Å².